The van der Waals surface area contributed by atoms with Crippen molar-refractivity contribution in [2.24, 2.45) is 5.92 Å². The van der Waals surface area contributed by atoms with E-state index < -0.39 is 0 Å². The number of hydrogen-bond acceptors (Lipinski definition) is 3. The largest absolute Gasteiger partial charge is 0.353 e. The van der Waals surface area contributed by atoms with Crippen molar-refractivity contribution in [2.45, 2.75) is 49.8 Å². The van der Waals surface area contributed by atoms with Crippen molar-refractivity contribution in [3.05, 3.63) is 0 Å². The highest BCUT2D eigenvalue weighted by molar-refractivity contribution is 8.00. The van der Waals surface area contributed by atoms with E-state index in [1.807, 2.05) is 11.8 Å². The average molecular weight is 282 g/mol. The molecule has 0 bridgehead atoms. The van der Waals surface area contributed by atoms with Gasteiger partial charge in [-0.1, -0.05) is 6.42 Å². The number of carbonyl (C=O) groups is 2. The molecular formula is C14H22N2O2S. The maximum absolute atomic E-state index is 12.5. The lowest BCUT2D eigenvalue weighted by atomic mass is 9.85. The Bertz CT molecular complexity index is 368. The monoisotopic (exact) mass is 282 g/mol. The van der Waals surface area contributed by atoms with E-state index in [9.17, 15) is 9.59 Å². The molecule has 0 aromatic rings. The van der Waals surface area contributed by atoms with E-state index in [2.05, 4.69) is 10.2 Å². The second-order valence-electron chi connectivity index (χ2n) is 5.90. The highest BCUT2D eigenvalue weighted by Crippen LogP contribution is 2.30. The van der Waals surface area contributed by atoms with Gasteiger partial charge in [-0.2, -0.15) is 0 Å². The molecule has 3 saturated heterocycles. The molecule has 0 spiro atoms. The fourth-order valence-corrected chi connectivity index (χ4v) is 4.73. The van der Waals surface area contributed by atoms with Crippen molar-refractivity contribution in [1.82, 2.24) is 10.2 Å². The fourth-order valence-electron chi connectivity index (χ4n) is 3.45. The van der Waals surface area contributed by atoms with Crippen molar-refractivity contribution in [3.8, 4) is 0 Å². The van der Waals surface area contributed by atoms with Crippen LogP contribution in [0.5, 0.6) is 0 Å². The number of thioether (sulfide) groups is 1. The predicted molar refractivity (Wildman–Crippen MR) is 75.9 cm³/mol. The van der Waals surface area contributed by atoms with Crippen LogP contribution in [0.3, 0.4) is 0 Å². The van der Waals surface area contributed by atoms with Gasteiger partial charge in [-0.05, 0) is 37.4 Å². The number of piperidine rings is 2. The van der Waals surface area contributed by atoms with Crippen LogP contribution in [0, 0.1) is 5.92 Å². The van der Waals surface area contributed by atoms with E-state index in [1.165, 1.54) is 12.8 Å². The van der Waals surface area contributed by atoms with E-state index in [1.54, 1.807) is 0 Å². The van der Waals surface area contributed by atoms with Gasteiger partial charge in [-0.15, -0.1) is 11.8 Å². The number of amides is 2. The molecule has 0 aliphatic carbocycles. The molecule has 106 valence electrons. The Morgan fingerprint density at radius 1 is 1.26 bits per heavy atom. The van der Waals surface area contributed by atoms with Gasteiger partial charge in [-0.3, -0.25) is 9.59 Å². The molecule has 2 amide bonds. The Balaban J connectivity index is 1.58. The van der Waals surface area contributed by atoms with E-state index >= 15 is 0 Å². The number of hydrogen-bond donors (Lipinski definition) is 1. The van der Waals surface area contributed by atoms with Crippen LogP contribution in [0.1, 0.15) is 38.5 Å². The SMILES string of the molecule is O=C1CCC2CN(C(=O)C3CCCCS3)CCC2N1. The van der Waals surface area contributed by atoms with E-state index in [4.69, 9.17) is 0 Å². The Hall–Kier alpha value is -0.710. The first-order chi connectivity index (χ1) is 9.24. The molecule has 4 nitrogen and oxygen atoms in total. The first-order valence-corrected chi connectivity index (χ1v) is 8.48. The smallest absolute Gasteiger partial charge is 0.235 e. The summed E-state index contributed by atoms with van der Waals surface area (Å²) in [6.45, 7) is 1.66. The van der Waals surface area contributed by atoms with Crippen LogP contribution in [0.25, 0.3) is 0 Å². The van der Waals surface area contributed by atoms with Gasteiger partial charge in [0.2, 0.25) is 11.8 Å². The van der Waals surface area contributed by atoms with Crippen molar-refractivity contribution in [2.75, 3.05) is 18.8 Å². The van der Waals surface area contributed by atoms with Crippen LogP contribution in [0.4, 0.5) is 0 Å². The lowest BCUT2D eigenvalue weighted by Crippen LogP contribution is -2.56. The highest BCUT2D eigenvalue weighted by Gasteiger charge is 2.37. The summed E-state index contributed by atoms with van der Waals surface area (Å²) in [5.74, 6) is 2.14. The summed E-state index contributed by atoms with van der Waals surface area (Å²) in [6.07, 6.45) is 5.99. The molecule has 3 atom stereocenters. The van der Waals surface area contributed by atoms with Crippen molar-refractivity contribution < 1.29 is 9.59 Å². The zero-order valence-corrected chi connectivity index (χ0v) is 12.1. The van der Waals surface area contributed by atoms with Crippen molar-refractivity contribution >= 4 is 23.6 Å². The van der Waals surface area contributed by atoms with Gasteiger partial charge >= 0.3 is 0 Å². The summed E-state index contributed by atoms with van der Waals surface area (Å²) < 4.78 is 0. The summed E-state index contributed by atoms with van der Waals surface area (Å²) in [4.78, 5) is 26.0. The molecule has 3 aliphatic heterocycles. The number of likely N-dealkylation sites (tertiary alicyclic amines) is 1. The van der Waals surface area contributed by atoms with Gasteiger partial charge in [-0.25, -0.2) is 0 Å². The predicted octanol–water partition coefficient (Wildman–Crippen LogP) is 1.40. The summed E-state index contributed by atoms with van der Waals surface area (Å²) >= 11 is 1.83. The maximum atomic E-state index is 12.5. The van der Waals surface area contributed by atoms with Crippen molar-refractivity contribution in [1.29, 1.82) is 0 Å². The first-order valence-electron chi connectivity index (χ1n) is 7.44. The molecule has 0 radical (unpaired) electrons. The van der Waals surface area contributed by atoms with Gasteiger partial charge in [0.1, 0.15) is 0 Å². The topological polar surface area (TPSA) is 49.4 Å². The minimum absolute atomic E-state index is 0.184. The number of nitrogens with one attached hydrogen (secondary N) is 1. The Kier molecular flexibility index (Phi) is 4.01. The lowest BCUT2D eigenvalue weighted by Gasteiger charge is -2.42. The quantitative estimate of drug-likeness (QED) is 0.791. The molecule has 0 aromatic carbocycles. The van der Waals surface area contributed by atoms with E-state index in [0.29, 0.717) is 24.3 Å². The summed E-state index contributed by atoms with van der Waals surface area (Å²) in [6, 6.07) is 0.310. The Morgan fingerprint density at radius 2 is 2.16 bits per heavy atom. The van der Waals surface area contributed by atoms with Crippen LogP contribution in [-0.2, 0) is 9.59 Å². The number of nitrogens with zero attached hydrogens (tertiary/aromatic N) is 1. The Morgan fingerprint density at radius 3 is 2.95 bits per heavy atom. The minimum Gasteiger partial charge on any atom is -0.353 e. The molecule has 1 N–H and O–H groups in total. The Labute approximate surface area is 118 Å². The van der Waals surface area contributed by atoms with Crippen molar-refractivity contribution in [3.63, 3.8) is 0 Å². The standard InChI is InChI=1S/C14H22N2O2S/c17-13-5-4-10-9-16(7-6-11(10)15-13)14(18)12-3-1-2-8-19-12/h10-12H,1-9H2,(H,15,17). The van der Waals surface area contributed by atoms with E-state index in [0.717, 1.165) is 38.1 Å². The number of fused-ring (bicyclic) bond motifs is 1. The summed E-state index contributed by atoms with van der Waals surface area (Å²) in [5, 5.41) is 3.27. The van der Waals surface area contributed by atoms with Gasteiger partial charge in [0.15, 0.2) is 0 Å². The van der Waals surface area contributed by atoms with Crippen LogP contribution in [-0.4, -0.2) is 46.8 Å². The third kappa shape index (κ3) is 2.91. The second kappa shape index (κ2) is 5.73. The summed E-state index contributed by atoms with van der Waals surface area (Å²) in [7, 11) is 0. The zero-order chi connectivity index (χ0) is 13.2. The van der Waals surface area contributed by atoms with E-state index in [-0.39, 0.29) is 11.2 Å². The molecule has 19 heavy (non-hydrogen) atoms. The third-order valence-electron chi connectivity index (χ3n) is 4.59. The highest BCUT2D eigenvalue weighted by atomic mass is 32.2. The maximum Gasteiger partial charge on any atom is 0.235 e. The van der Waals surface area contributed by atoms with Gasteiger partial charge in [0, 0.05) is 25.6 Å². The fraction of sp³-hybridized carbons (Fsp3) is 0.857. The lowest BCUT2D eigenvalue weighted by molar-refractivity contribution is -0.134. The molecule has 3 aliphatic rings. The molecule has 3 rings (SSSR count). The van der Waals surface area contributed by atoms with Crippen LogP contribution in [0.15, 0.2) is 0 Å². The second-order valence-corrected chi connectivity index (χ2v) is 7.21. The average Bonchev–Trinajstić information content (AvgIpc) is 2.47. The molecule has 3 fully saturated rings. The molecule has 3 unspecified atom stereocenters. The first kappa shape index (κ1) is 13.3. The molecule has 3 heterocycles. The third-order valence-corrected chi connectivity index (χ3v) is 5.95. The van der Waals surface area contributed by atoms with Crippen LogP contribution in [0.2, 0.25) is 0 Å². The molecule has 0 aromatic heterocycles. The van der Waals surface area contributed by atoms with Crippen LogP contribution < -0.4 is 5.32 Å². The molecular weight excluding hydrogens is 260 g/mol. The minimum atomic E-state index is 0.184. The normalized spacial score (nSPS) is 35.5. The van der Waals surface area contributed by atoms with Crippen LogP contribution >= 0.6 is 11.8 Å². The molecule has 5 heteroatoms. The number of rotatable bonds is 1. The molecule has 0 saturated carbocycles. The van der Waals surface area contributed by atoms with Gasteiger partial charge in [0.25, 0.3) is 0 Å². The summed E-state index contributed by atoms with van der Waals surface area (Å²) in [5.41, 5.74) is 0. The van der Waals surface area contributed by atoms with Gasteiger partial charge in [0.05, 0.1) is 5.25 Å². The number of carbonyl (C=O) groups excluding carboxylic acids is 2. The van der Waals surface area contributed by atoms with Gasteiger partial charge < -0.3 is 10.2 Å². The zero-order valence-electron chi connectivity index (χ0n) is 11.3.